The molecule has 1 aliphatic rings. The number of rotatable bonds is 4. The van der Waals surface area contributed by atoms with Crippen LogP contribution in [0.2, 0.25) is 0 Å². The summed E-state index contributed by atoms with van der Waals surface area (Å²) in [7, 11) is 0. The van der Waals surface area contributed by atoms with Crippen molar-refractivity contribution in [1.82, 2.24) is 24.6 Å². The molecule has 32 heavy (non-hydrogen) atoms. The molecule has 5 rings (SSSR count). The molecule has 1 aliphatic heterocycles. The van der Waals surface area contributed by atoms with Crippen LogP contribution in [0.3, 0.4) is 0 Å². The summed E-state index contributed by atoms with van der Waals surface area (Å²) in [5, 5.41) is 4.47. The van der Waals surface area contributed by atoms with Crippen LogP contribution in [-0.2, 0) is 19.5 Å². The Morgan fingerprint density at radius 2 is 1.88 bits per heavy atom. The zero-order valence-electron chi connectivity index (χ0n) is 17.7. The maximum Gasteiger partial charge on any atom is 0.255 e. The predicted molar refractivity (Wildman–Crippen MR) is 121 cm³/mol. The summed E-state index contributed by atoms with van der Waals surface area (Å²) in [6, 6.07) is 13.6. The van der Waals surface area contributed by atoms with Crippen molar-refractivity contribution in [2.45, 2.75) is 26.4 Å². The fraction of sp³-hybridized carbons (Fsp3) is 0.208. The fourth-order valence-corrected chi connectivity index (χ4v) is 4.08. The van der Waals surface area contributed by atoms with Gasteiger partial charge in [-0.1, -0.05) is 0 Å². The van der Waals surface area contributed by atoms with Crippen molar-refractivity contribution in [3.05, 3.63) is 93.4 Å². The minimum Gasteiger partial charge on any atom is -0.399 e. The van der Waals surface area contributed by atoms with Crippen LogP contribution in [0.4, 0.5) is 10.1 Å². The highest BCUT2D eigenvalue weighted by Crippen LogP contribution is 2.22. The first-order valence-electron chi connectivity index (χ1n) is 10.5. The molecule has 0 atom stereocenters. The van der Waals surface area contributed by atoms with Gasteiger partial charge in [-0.2, -0.15) is 5.10 Å². The Labute approximate surface area is 184 Å². The van der Waals surface area contributed by atoms with E-state index < -0.39 is 0 Å². The highest BCUT2D eigenvalue weighted by atomic mass is 19.1. The van der Waals surface area contributed by atoms with Gasteiger partial charge in [0.15, 0.2) is 0 Å². The van der Waals surface area contributed by atoms with Gasteiger partial charge in [0.05, 0.1) is 23.1 Å². The van der Waals surface area contributed by atoms with Crippen molar-refractivity contribution in [2.75, 3.05) is 12.3 Å². The molecule has 8 heteroatoms. The molecule has 7 nitrogen and oxygen atoms in total. The number of hydrogen-bond acceptors (Lipinski definition) is 5. The smallest absolute Gasteiger partial charge is 0.255 e. The number of hydrogen-bond donors (Lipinski definition) is 2. The van der Waals surface area contributed by atoms with Gasteiger partial charge < -0.3 is 10.7 Å². The van der Waals surface area contributed by atoms with Crippen LogP contribution in [0.5, 0.6) is 0 Å². The number of halogens is 1. The Hall–Kier alpha value is -3.78. The molecule has 0 radical (unpaired) electrons. The lowest BCUT2D eigenvalue weighted by Gasteiger charge is -2.27. The number of nitrogens with two attached hydrogens (primary N) is 1. The van der Waals surface area contributed by atoms with Crippen molar-refractivity contribution in [2.24, 2.45) is 0 Å². The number of fused-ring (bicyclic) bond motifs is 1. The Balaban J connectivity index is 1.35. The van der Waals surface area contributed by atoms with Gasteiger partial charge in [0.2, 0.25) is 0 Å². The molecule has 3 heterocycles. The normalized spacial score (nSPS) is 13.8. The number of nitrogens with one attached hydrogen (secondary N) is 1. The predicted octanol–water partition coefficient (Wildman–Crippen LogP) is 3.21. The number of aromatic amines is 1. The molecule has 2 aromatic carbocycles. The Kier molecular flexibility index (Phi) is 5.07. The van der Waals surface area contributed by atoms with Gasteiger partial charge in [-0.25, -0.2) is 14.1 Å². The molecule has 4 aromatic rings. The summed E-state index contributed by atoms with van der Waals surface area (Å²) in [4.78, 5) is 22.7. The zero-order valence-corrected chi connectivity index (χ0v) is 17.7. The summed E-state index contributed by atoms with van der Waals surface area (Å²) >= 11 is 0. The number of nitrogens with zero attached hydrogens (tertiary/aromatic N) is 4. The second kappa shape index (κ2) is 8.05. The van der Waals surface area contributed by atoms with Crippen LogP contribution in [-0.4, -0.2) is 31.2 Å². The zero-order chi connectivity index (χ0) is 22.2. The molecule has 162 valence electrons. The second-order valence-electron chi connectivity index (χ2n) is 8.07. The minimum absolute atomic E-state index is 0.106. The number of benzene rings is 2. The summed E-state index contributed by atoms with van der Waals surface area (Å²) in [5.74, 6) is 0.294. The van der Waals surface area contributed by atoms with Gasteiger partial charge in [-0.3, -0.25) is 9.69 Å². The molecule has 0 saturated heterocycles. The van der Waals surface area contributed by atoms with E-state index in [4.69, 9.17) is 10.7 Å². The number of nitrogen functional groups attached to an aromatic ring is 1. The SMILES string of the molecule is Cc1c(CN2CCc3nc(-c4ccc(N)cc4)[nH]c(=O)c3C2)cnn1-c1ccc(F)cc1. The van der Waals surface area contributed by atoms with Gasteiger partial charge in [0.25, 0.3) is 5.56 Å². The van der Waals surface area contributed by atoms with Crippen LogP contribution in [0.1, 0.15) is 22.5 Å². The van der Waals surface area contributed by atoms with Crippen LogP contribution < -0.4 is 11.3 Å². The topological polar surface area (TPSA) is 92.8 Å². The first kappa shape index (κ1) is 20.1. The standard InChI is InChI=1S/C24H23FN6O/c1-15-17(12-27-31(15)20-8-4-18(25)5-9-20)13-30-11-10-22-21(14-30)24(32)29-23(28-22)16-2-6-19(26)7-3-16/h2-9,12H,10-11,13-14,26H2,1H3,(H,28,29,32). The molecule has 0 saturated carbocycles. The molecular weight excluding hydrogens is 407 g/mol. The van der Waals surface area contributed by atoms with Crippen LogP contribution in [0.15, 0.2) is 59.5 Å². The van der Waals surface area contributed by atoms with E-state index in [1.54, 1.807) is 28.9 Å². The van der Waals surface area contributed by atoms with E-state index in [9.17, 15) is 9.18 Å². The van der Waals surface area contributed by atoms with Crippen molar-refractivity contribution >= 4 is 5.69 Å². The summed E-state index contributed by atoms with van der Waals surface area (Å²) in [6.07, 6.45) is 2.53. The first-order chi connectivity index (χ1) is 15.5. The molecule has 0 bridgehead atoms. The van der Waals surface area contributed by atoms with Gasteiger partial charge in [-0.05, 0) is 55.5 Å². The van der Waals surface area contributed by atoms with Crippen molar-refractivity contribution < 1.29 is 4.39 Å². The molecule has 2 aromatic heterocycles. The largest absolute Gasteiger partial charge is 0.399 e. The number of anilines is 1. The van der Waals surface area contributed by atoms with Crippen LogP contribution >= 0.6 is 0 Å². The van der Waals surface area contributed by atoms with Crippen molar-refractivity contribution in [3.8, 4) is 17.1 Å². The third-order valence-corrected chi connectivity index (χ3v) is 5.91. The number of aromatic nitrogens is 4. The summed E-state index contributed by atoms with van der Waals surface area (Å²) < 4.78 is 15.0. The maximum atomic E-state index is 13.2. The minimum atomic E-state index is -0.274. The highest BCUT2D eigenvalue weighted by molar-refractivity contribution is 5.58. The van der Waals surface area contributed by atoms with E-state index in [-0.39, 0.29) is 11.4 Å². The summed E-state index contributed by atoms with van der Waals surface area (Å²) in [5.41, 5.74) is 11.6. The lowest BCUT2D eigenvalue weighted by molar-refractivity contribution is 0.241. The third-order valence-electron chi connectivity index (χ3n) is 5.91. The average molecular weight is 430 g/mol. The average Bonchev–Trinajstić information content (AvgIpc) is 3.15. The second-order valence-corrected chi connectivity index (χ2v) is 8.07. The van der Waals surface area contributed by atoms with E-state index >= 15 is 0 Å². The van der Waals surface area contributed by atoms with Gasteiger partial charge in [0.1, 0.15) is 11.6 Å². The lowest BCUT2D eigenvalue weighted by Crippen LogP contribution is -2.35. The Morgan fingerprint density at radius 1 is 1.12 bits per heavy atom. The first-order valence-corrected chi connectivity index (χ1v) is 10.5. The molecule has 3 N–H and O–H groups in total. The van der Waals surface area contributed by atoms with E-state index in [0.29, 0.717) is 36.6 Å². The van der Waals surface area contributed by atoms with E-state index in [1.165, 1.54) is 12.1 Å². The van der Waals surface area contributed by atoms with Crippen molar-refractivity contribution in [1.29, 1.82) is 0 Å². The molecular formula is C24H23FN6O. The monoisotopic (exact) mass is 430 g/mol. The van der Waals surface area contributed by atoms with Gasteiger partial charge in [-0.15, -0.1) is 0 Å². The van der Waals surface area contributed by atoms with Crippen LogP contribution in [0, 0.1) is 12.7 Å². The molecule has 0 spiro atoms. The van der Waals surface area contributed by atoms with Crippen molar-refractivity contribution in [3.63, 3.8) is 0 Å². The number of H-pyrrole nitrogens is 1. The van der Waals surface area contributed by atoms with E-state index in [0.717, 1.165) is 34.7 Å². The quantitative estimate of drug-likeness (QED) is 0.485. The molecule has 0 unspecified atom stereocenters. The fourth-order valence-electron chi connectivity index (χ4n) is 4.08. The Morgan fingerprint density at radius 3 is 2.62 bits per heavy atom. The molecule has 0 aliphatic carbocycles. The highest BCUT2D eigenvalue weighted by Gasteiger charge is 2.23. The van der Waals surface area contributed by atoms with E-state index in [2.05, 4.69) is 15.0 Å². The Bertz CT molecular complexity index is 1320. The third kappa shape index (κ3) is 3.80. The summed E-state index contributed by atoms with van der Waals surface area (Å²) in [6.45, 7) is 4.00. The maximum absolute atomic E-state index is 13.2. The van der Waals surface area contributed by atoms with Crippen LogP contribution in [0.25, 0.3) is 17.1 Å². The van der Waals surface area contributed by atoms with Gasteiger partial charge in [0, 0.05) is 48.6 Å². The molecule has 0 fully saturated rings. The lowest BCUT2D eigenvalue weighted by atomic mass is 10.1. The van der Waals surface area contributed by atoms with Gasteiger partial charge >= 0.3 is 0 Å². The molecule has 0 amide bonds. The van der Waals surface area contributed by atoms with E-state index in [1.807, 2.05) is 25.3 Å².